The number of aliphatic hydroxyl groups is 6. The third kappa shape index (κ3) is 5.53. The van der Waals surface area contributed by atoms with E-state index in [2.05, 4.69) is 0 Å². The molecule has 0 heterocycles. The van der Waals surface area contributed by atoms with Gasteiger partial charge in [0, 0.05) is 0 Å². The van der Waals surface area contributed by atoms with Gasteiger partial charge in [0.1, 0.15) is 0 Å². The Morgan fingerprint density at radius 2 is 0.774 bits per heavy atom. The summed E-state index contributed by atoms with van der Waals surface area (Å²) in [6, 6.07) is 0. The molecule has 0 bridgehead atoms. The van der Waals surface area contributed by atoms with Crippen LogP contribution in [0.25, 0.3) is 0 Å². The first kappa shape index (κ1) is 31.3. The Bertz CT molecular complexity index is 416. The predicted molar refractivity (Wildman–Crippen MR) is 112 cm³/mol. The number of aliphatic hydroxyl groups excluding tert-OH is 6. The van der Waals surface area contributed by atoms with E-state index in [9.17, 15) is 30.6 Å². The van der Waals surface area contributed by atoms with Crippen LogP contribution in [0.15, 0.2) is 0 Å². The van der Waals surface area contributed by atoms with E-state index in [-0.39, 0.29) is 13.2 Å². The van der Waals surface area contributed by atoms with Crippen LogP contribution in [-0.2, 0) is 24.5 Å². The second-order valence-electron chi connectivity index (χ2n) is 8.41. The molecule has 10 nitrogen and oxygen atoms in total. The van der Waals surface area contributed by atoms with Crippen LogP contribution in [-0.4, -0.2) is 87.2 Å². The summed E-state index contributed by atoms with van der Waals surface area (Å²) in [5, 5.41) is 66.3. The Morgan fingerprint density at radius 1 is 0.548 bits per heavy atom. The zero-order valence-corrected chi connectivity index (χ0v) is 22.2. The molecule has 0 aliphatic rings. The molecule has 0 fully saturated rings. The SMILES string of the molecule is CCCC[O][Ti]([O]CCCC)([N+](C(C)O)(C(C)O)C(C)O)[N+](C(C)O)(C(C)O)C(C)O. The number of rotatable bonds is 16. The van der Waals surface area contributed by atoms with Gasteiger partial charge in [0.15, 0.2) is 0 Å². The van der Waals surface area contributed by atoms with E-state index in [1.165, 1.54) is 41.5 Å². The molecule has 6 unspecified atom stereocenters. The molecule has 0 aliphatic heterocycles. The van der Waals surface area contributed by atoms with Gasteiger partial charge in [0.2, 0.25) is 0 Å². The molecule has 0 saturated heterocycles. The zero-order valence-electron chi connectivity index (χ0n) is 20.6. The molecule has 0 radical (unpaired) electrons. The number of hydrogen-bond acceptors (Lipinski definition) is 8. The van der Waals surface area contributed by atoms with Crippen molar-refractivity contribution in [2.24, 2.45) is 0 Å². The maximum absolute atomic E-state index is 11.0. The van der Waals surface area contributed by atoms with E-state index in [0.717, 1.165) is 12.8 Å². The predicted octanol–water partition coefficient (Wildman–Crippen LogP) is 1.10. The molecule has 0 aliphatic carbocycles. The number of quaternary nitrogens is 2. The van der Waals surface area contributed by atoms with Crippen LogP contribution in [0.3, 0.4) is 0 Å². The van der Waals surface area contributed by atoms with Crippen molar-refractivity contribution in [2.45, 2.75) is 118 Å². The Balaban J connectivity index is 7.56. The standard InChI is InChI=1S/2C6H15NO3.2C4H9O.Ti/c2*1-4(8)7(5(2)9)6(3)10;2*1-2-3-4-5;/h2*4-6,8-10H,1-3H3;2*2-4H2,1H3;/q;;2*-1;+4. The molecule has 0 saturated carbocycles. The van der Waals surface area contributed by atoms with Gasteiger partial charge in [0.05, 0.1) is 0 Å². The fourth-order valence-corrected chi connectivity index (χ4v) is 12.9. The Kier molecular flexibility index (Phi) is 13.4. The Hall–Kier alpha value is 0.314. The van der Waals surface area contributed by atoms with Gasteiger partial charge in [-0.15, -0.1) is 0 Å². The first-order valence-corrected chi connectivity index (χ1v) is 14.1. The van der Waals surface area contributed by atoms with Gasteiger partial charge in [-0.1, -0.05) is 0 Å². The van der Waals surface area contributed by atoms with E-state index in [4.69, 9.17) is 6.64 Å². The average molecular weight is 492 g/mol. The van der Waals surface area contributed by atoms with Crippen LogP contribution in [0.2, 0.25) is 0 Å². The first-order valence-electron chi connectivity index (χ1n) is 11.4. The van der Waals surface area contributed by atoms with Crippen molar-refractivity contribution < 1.29 is 61.1 Å². The summed E-state index contributed by atoms with van der Waals surface area (Å²) in [7, 11) is 0. The topological polar surface area (TPSA) is 140 Å². The van der Waals surface area contributed by atoms with Crippen LogP contribution >= 0.6 is 0 Å². The molecule has 6 atom stereocenters. The van der Waals surface area contributed by atoms with E-state index in [0.29, 0.717) is 12.8 Å². The fraction of sp³-hybridized carbons (Fsp3) is 1.00. The van der Waals surface area contributed by atoms with Gasteiger partial charge in [-0.05, 0) is 0 Å². The molecule has 0 rings (SSSR count). The van der Waals surface area contributed by atoms with E-state index in [1.807, 2.05) is 13.8 Å². The molecular formula is C20H48N2O8Ti+2. The van der Waals surface area contributed by atoms with Crippen LogP contribution in [0.4, 0.5) is 0 Å². The van der Waals surface area contributed by atoms with Crippen LogP contribution in [0.1, 0.15) is 81.1 Å². The van der Waals surface area contributed by atoms with Gasteiger partial charge >= 0.3 is 193 Å². The fourth-order valence-electron chi connectivity index (χ4n) is 4.78. The second kappa shape index (κ2) is 13.3. The molecule has 0 aromatic carbocycles. The molecule has 0 aromatic rings. The monoisotopic (exact) mass is 492 g/mol. The van der Waals surface area contributed by atoms with Crippen LogP contribution in [0, 0.1) is 0 Å². The summed E-state index contributed by atoms with van der Waals surface area (Å²) >= 11 is -5.19. The van der Waals surface area contributed by atoms with E-state index < -0.39 is 61.2 Å². The zero-order chi connectivity index (χ0) is 24.6. The Labute approximate surface area is 192 Å². The average Bonchev–Trinajstić information content (AvgIpc) is 2.60. The van der Waals surface area contributed by atoms with Crippen molar-refractivity contribution in [3.05, 3.63) is 0 Å². The quantitative estimate of drug-likeness (QED) is 0.107. The van der Waals surface area contributed by atoms with Crippen LogP contribution < -0.4 is 0 Å². The molecule has 188 valence electrons. The molecule has 0 amide bonds. The van der Waals surface area contributed by atoms with E-state index in [1.54, 1.807) is 0 Å². The minimum atomic E-state index is -5.19. The van der Waals surface area contributed by atoms with Crippen molar-refractivity contribution in [1.82, 2.24) is 0 Å². The number of hydrogen-bond donors (Lipinski definition) is 6. The third-order valence-electron chi connectivity index (χ3n) is 6.26. The van der Waals surface area contributed by atoms with Crippen molar-refractivity contribution in [3.63, 3.8) is 0 Å². The van der Waals surface area contributed by atoms with Crippen molar-refractivity contribution in [2.75, 3.05) is 13.2 Å². The molecule has 6 N–H and O–H groups in total. The summed E-state index contributed by atoms with van der Waals surface area (Å²) in [4.78, 5) is 0. The van der Waals surface area contributed by atoms with Gasteiger partial charge in [-0.3, -0.25) is 0 Å². The van der Waals surface area contributed by atoms with E-state index >= 15 is 0 Å². The first-order chi connectivity index (χ1) is 14.3. The third-order valence-corrected chi connectivity index (χ3v) is 14.6. The summed E-state index contributed by atoms with van der Waals surface area (Å²) in [5.74, 6) is 0. The van der Waals surface area contributed by atoms with Crippen molar-refractivity contribution in [1.29, 1.82) is 0 Å². The Morgan fingerprint density at radius 3 is 0.935 bits per heavy atom. The number of nitrogens with zero attached hydrogens (tertiary/aromatic N) is 2. The molecule has 0 spiro atoms. The van der Waals surface area contributed by atoms with Crippen molar-refractivity contribution in [3.8, 4) is 0 Å². The molecule has 0 aromatic heterocycles. The summed E-state index contributed by atoms with van der Waals surface area (Å²) < 4.78 is 11.3. The minimum absolute atomic E-state index is 0.154. The van der Waals surface area contributed by atoms with Crippen LogP contribution in [0.5, 0.6) is 0 Å². The van der Waals surface area contributed by atoms with Gasteiger partial charge in [-0.25, -0.2) is 0 Å². The maximum atomic E-state index is 11.0. The second-order valence-corrected chi connectivity index (χ2v) is 13.4. The molecule has 31 heavy (non-hydrogen) atoms. The van der Waals surface area contributed by atoms with Gasteiger partial charge in [0.25, 0.3) is 0 Å². The van der Waals surface area contributed by atoms with Crippen molar-refractivity contribution >= 4 is 0 Å². The summed E-state index contributed by atoms with van der Waals surface area (Å²) in [6.45, 7) is 12.7. The molecule has 11 heteroatoms. The summed E-state index contributed by atoms with van der Waals surface area (Å²) in [5.41, 5.74) is 0. The normalized spacial score (nSPS) is 22.6. The molecular weight excluding hydrogens is 444 g/mol. The summed E-state index contributed by atoms with van der Waals surface area (Å²) in [6.07, 6.45) is -5.56. The van der Waals surface area contributed by atoms with Gasteiger partial charge in [-0.2, -0.15) is 0 Å². The number of unbranched alkanes of at least 4 members (excludes halogenated alkanes) is 2. The van der Waals surface area contributed by atoms with Gasteiger partial charge < -0.3 is 0 Å².